The first-order valence-corrected chi connectivity index (χ1v) is 6.70. The molecule has 0 aliphatic heterocycles. The molecule has 0 fully saturated rings. The number of halogens is 1. The van der Waals surface area contributed by atoms with Crippen LogP contribution in [0.25, 0.3) is 23.1 Å². The highest BCUT2D eigenvalue weighted by Gasteiger charge is 2.04. The van der Waals surface area contributed by atoms with Crippen molar-refractivity contribution < 1.29 is 9.52 Å². The molecule has 3 rings (SSSR count). The predicted octanol–water partition coefficient (Wildman–Crippen LogP) is 4.32. The van der Waals surface area contributed by atoms with Gasteiger partial charge in [0.05, 0.1) is 0 Å². The summed E-state index contributed by atoms with van der Waals surface area (Å²) in [6.45, 7) is 0. The van der Waals surface area contributed by atoms with Crippen molar-refractivity contribution in [3.05, 3.63) is 75.1 Å². The van der Waals surface area contributed by atoms with E-state index in [1.165, 1.54) is 12.1 Å². The lowest BCUT2D eigenvalue weighted by atomic mass is 10.1. The number of phenolic OH excluding ortho intramolecular Hbond substituents is 1. The van der Waals surface area contributed by atoms with Crippen molar-refractivity contribution in [3.63, 3.8) is 0 Å². The maximum Gasteiger partial charge on any atom is 0.336 e. The summed E-state index contributed by atoms with van der Waals surface area (Å²) >= 11 is 5.84. The van der Waals surface area contributed by atoms with Crippen LogP contribution in [0.2, 0.25) is 5.02 Å². The largest absolute Gasteiger partial charge is 0.508 e. The fourth-order valence-electron chi connectivity index (χ4n) is 2.07. The first-order chi connectivity index (χ1) is 10.1. The molecule has 0 spiro atoms. The molecule has 0 bridgehead atoms. The van der Waals surface area contributed by atoms with Gasteiger partial charge in [-0.25, -0.2) is 4.79 Å². The van der Waals surface area contributed by atoms with E-state index >= 15 is 0 Å². The van der Waals surface area contributed by atoms with Crippen molar-refractivity contribution in [2.45, 2.75) is 0 Å². The van der Waals surface area contributed by atoms with Crippen LogP contribution in [0.4, 0.5) is 0 Å². The van der Waals surface area contributed by atoms with Gasteiger partial charge in [0.1, 0.15) is 11.3 Å². The van der Waals surface area contributed by atoms with E-state index < -0.39 is 5.63 Å². The van der Waals surface area contributed by atoms with Gasteiger partial charge in [0.15, 0.2) is 0 Å². The van der Waals surface area contributed by atoms with E-state index in [0.717, 1.165) is 16.5 Å². The Hall–Kier alpha value is -2.52. The van der Waals surface area contributed by atoms with Gasteiger partial charge in [-0.1, -0.05) is 35.9 Å². The van der Waals surface area contributed by atoms with Crippen LogP contribution < -0.4 is 5.63 Å². The molecular formula is C17H11ClO3. The molecule has 3 nitrogen and oxygen atoms in total. The quantitative estimate of drug-likeness (QED) is 0.717. The van der Waals surface area contributed by atoms with Gasteiger partial charge in [0.25, 0.3) is 0 Å². The zero-order valence-corrected chi connectivity index (χ0v) is 11.7. The predicted molar refractivity (Wildman–Crippen MR) is 84.5 cm³/mol. The Morgan fingerprint density at radius 3 is 2.52 bits per heavy atom. The van der Waals surface area contributed by atoms with Gasteiger partial charge in [0, 0.05) is 22.5 Å². The maximum absolute atomic E-state index is 11.6. The number of rotatable bonds is 2. The molecule has 0 saturated carbocycles. The van der Waals surface area contributed by atoms with E-state index in [1.54, 1.807) is 24.3 Å². The van der Waals surface area contributed by atoms with Crippen LogP contribution >= 0.6 is 11.6 Å². The molecule has 0 aliphatic carbocycles. The van der Waals surface area contributed by atoms with Gasteiger partial charge in [-0.2, -0.15) is 0 Å². The summed E-state index contributed by atoms with van der Waals surface area (Å²) < 4.78 is 5.08. The number of benzene rings is 2. The Kier molecular flexibility index (Phi) is 3.50. The summed E-state index contributed by atoms with van der Waals surface area (Å²) in [7, 11) is 0. The lowest BCUT2D eigenvalue weighted by Crippen LogP contribution is -1.97. The Morgan fingerprint density at radius 1 is 1.00 bits per heavy atom. The lowest BCUT2D eigenvalue weighted by Gasteiger charge is -2.01. The number of hydrogen-bond acceptors (Lipinski definition) is 3. The van der Waals surface area contributed by atoms with E-state index in [0.29, 0.717) is 10.6 Å². The highest BCUT2D eigenvalue weighted by atomic mass is 35.5. The highest BCUT2D eigenvalue weighted by Crippen LogP contribution is 2.23. The average molecular weight is 299 g/mol. The van der Waals surface area contributed by atoms with Crippen LogP contribution in [0, 0.1) is 0 Å². The summed E-state index contributed by atoms with van der Waals surface area (Å²) in [5.74, 6) is 0.0597. The molecule has 1 heterocycles. The van der Waals surface area contributed by atoms with E-state index in [-0.39, 0.29) is 5.75 Å². The molecule has 104 valence electrons. The molecule has 0 aliphatic rings. The average Bonchev–Trinajstić information content (AvgIpc) is 2.45. The van der Waals surface area contributed by atoms with Crippen LogP contribution in [-0.2, 0) is 0 Å². The lowest BCUT2D eigenvalue weighted by molar-refractivity contribution is 0.473. The minimum Gasteiger partial charge on any atom is -0.508 e. The van der Waals surface area contributed by atoms with Gasteiger partial charge in [-0.05, 0) is 35.4 Å². The second-order valence-electron chi connectivity index (χ2n) is 4.59. The van der Waals surface area contributed by atoms with Crippen molar-refractivity contribution in [3.8, 4) is 5.75 Å². The molecule has 0 radical (unpaired) electrons. The number of phenols is 1. The zero-order valence-electron chi connectivity index (χ0n) is 10.9. The van der Waals surface area contributed by atoms with Gasteiger partial charge in [-0.15, -0.1) is 0 Å². The highest BCUT2D eigenvalue weighted by molar-refractivity contribution is 6.30. The van der Waals surface area contributed by atoms with Crippen molar-refractivity contribution >= 4 is 34.7 Å². The third-order valence-corrected chi connectivity index (χ3v) is 3.34. The third kappa shape index (κ3) is 2.98. The zero-order chi connectivity index (χ0) is 14.8. The molecule has 1 aromatic heterocycles. The van der Waals surface area contributed by atoms with E-state index in [1.807, 2.05) is 24.3 Å². The molecule has 0 saturated heterocycles. The molecule has 3 aromatic rings. The first-order valence-electron chi connectivity index (χ1n) is 6.32. The first kappa shape index (κ1) is 13.5. The Balaban J connectivity index is 2.07. The van der Waals surface area contributed by atoms with Crippen molar-refractivity contribution in [1.82, 2.24) is 0 Å². The molecule has 1 N–H and O–H groups in total. The minimum atomic E-state index is -0.455. The number of aromatic hydroxyl groups is 1. The standard InChI is InChI=1S/C17H11ClO3/c18-13-5-2-11(3-6-13)1-4-12-9-17(20)21-16-10-14(19)7-8-15(12)16/h1-10,19H/b4-1+. The van der Waals surface area contributed by atoms with Crippen LogP contribution in [0.1, 0.15) is 11.1 Å². The number of fused-ring (bicyclic) bond motifs is 1. The van der Waals surface area contributed by atoms with Gasteiger partial charge in [-0.3, -0.25) is 0 Å². The smallest absolute Gasteiger partial charge is 0.336 e. The minimum absolute atomic E-state index is 0.0597. The molecule has 0 atom stereocenters. The second kappa shape index (κ2) is 5.46. The Labute approximate surface area is 125 Å². The van der Waals surface area contributed by atoms with E-state index in [9.17, 15) is 9.90 Å². The number of hydrogen-bond donors (Lipinski definition) is 1. The van der Waals surface area contributed by atoms with E-state index in [2.05, 4.69) is 0 Å². The summed E-state index contributed by atoms with van der Waals surface area (Å²) in [4.78, 5) is 11.6. The van der Waals surface area contributed by atoms with Crippen molar-refractivity contribution in [1.29, 1.82) is 0 Å². The summed E-state index contributed by atoms with van der Waals surface area (Å²) in [6.07, 6.45) is 3.72. The fourth-order valence-corrected chi connectivity index (χ4v) is 2.20. The van der Waals surface area contributed by atoms with E-state index in [4.69, 9.17) is 16.0 Å². The topological polar surface area (TPSA) is 50.4 Å². The van der Waals surface area contributed by atoms with Crippen LogP contribution in [0.3, 0.4) is 0 Å². The molecule has 21 heavy (non-hydrogen) atoms. The Morgan fingerprint density at radius 2 is 1.76 bits per heavy atom. The van der Waals surface area contributed by atoms with Crippen LogP contribution in [0.15, 0.2) is 57.7 Å². The molecule has 0 amide bonds. The molecule has 0 unspecified atom stereocenters. The van der Waals surface area contributed by atoms with Crippen molar-refractivity contribution in [2.24, 2.45) is 0 Å². The Bertz CT molecular complexity index is 877. The monoisotopic (exact) mass is 298 g/mol. The summed E-state index contributed by atoms with van der Waals surface area (Å²) in [5.41, 5.74) is 1.61. The summed E-state index contributed by atoms with van der Waals surface area (Å²) in [5, 5.41) is 10.9. The summed E-state index contributed by atoms with van der Waals surface area (Å²) in [6, 6.07) is 13.5. The van der Waals surface area contributed by atoms with Crippen LogP contribution in [0.5, 0.6) is 5.75 Å². The SMILES string of the molecule is O=c1cc(/C=C/c2ccc(Cl)cc2)c2ccc(O)cc2o1. The second-order valence-corrected chi connectivity index (χ2v) is 5.02. The van der Waals surface area contributed by atoms with Gasteiger partial charge < -0.3 is 9.52 Å². The third-order valence-electron chi connectivity index (χ3n) is 3.09. The maximum atomic E-state index is 11.6. The van der Waals surface area contributed by atoms with Gasteiger partial charge >= 0.3 is 5.63 Å². The van der Waals surface area contributed by atoms with Gasteiger partial charge in [0.2, 0.25) is 0 Å². The molecular weight excluding hydrogens is 288 g/mol. The normalized spacial score (nSPS) is 11.3. The molecule has 4 heteroatoms. The fraction of sp³-hybridized carbons (Fsp3) is 0. The van der Waals surface area contributed by atoms with Crippen molar-refractivity contribution in [2.75, 3.05) is 0 Å². The van der Waals surface area contributed by atoms with Crippen LogP contribution in [-0.4, -0.2) is 5.11 Å². The molecule has 2 aromatic carbocycles.